The van der Waals surface area contributed by atoms with Crippen LogP contribution < -0.4 is 0 Å². The molecule has 1 aromatic heterocycles. The highest BCUT2D eigenvalue weighted by molar-refractivity contribution is 6.27. The Morgan fingerprint density at radius 2 is 0.844 bits per heavy atom. The van der Waals surface area contributed by atoms with Crippen molar-refractivity contribution in [1.29, 1.82) is 0 Å². The minimum absolute atomic E-state index is 0.0237. The highest BCUT2D eigenvalue weighted by atomic mass is 16.3. The fourth-order valence-corrected chi connectivity index (χ4v) is 6.40. The van der Waals surface area contributed by atoms with E-state index in [0.717, 1.165) is 0 Å². The Bertz CT molecular complexity index is 3030. The van der Waals surface area contributed by atoms with Crippen molar-refractivity contribution in [2.75, 3.05) is 0 Å². The molecule has 0 saturated heterocycles. The summed E-state index contributed by atoms with van der Waals surface area (Å²) >= 11 is 0. The SMILES string of the molecule is [2H]c1c([2H])c(-c2ccccc2)c([2H])c(-c2c3ccccc3c(-c3c([2H])c([2H])c([2H])c4oc5c([2H])c([2H])c([2H])c(-c6ccccc6)c5c34)c3ccccc23)c1[2H]. The number of rotatable bonds is 4. The van der Waals surface area contributed by atoms with Crippen molar-refractivity contribution in [2.45, 2.75) is 0 Å². The van der Waals surface area contributed by atoms with Crippen LogP contribution in [0, 0.1) is 0 Å². The monoisotopic (exact) mass is 582 g/mol. The first kappa shape index (κ1) is 17.4. The molecule has 9 aromatic rings. The average Bonchev–Trinajstić information content (AvgIpc) is 3.60. The predicted octanol–water partition coefficient (Wildman–Crippen LogP) is 12.6. The number of furan rings is 1. The Morgan fingerprint density at radius 3 is 1.47 bits per heavy atom. The lowest BCUT2D eigenvalue weighted by molar-refractivity contribution is 0.669. The molecule has 0 aliphatic heterocycles. The summed E-state index contributed by atoms with van der Waals surface area (Å²) in [5.41, 5.74) is 3.08. The summed E-state index contributed by atoms with van der Waals surface area (Å²) in [4.78, 5) is 0. The highest BCUT2D eigenvalue weighted by Gasteiger charge is 2.21. The van der Waals surface area contributed by atoms with Crippen molar-refractivity contribution in [3.05, 3.63) is 170 Å². The molecule has 1 heterocycles. The second-order valence-electron chi connectivity index (χ2n) is 10.8. The number of hydrogen-bond acceptors (Lipinski definition) is 1. The van der Waals surface area contributed by atoms with Gasteiger partial charge < -0.3 is 4.42 Å². The smallest absolute Gasteiger partial charge is 0.136 e. The molecule has 0 unspecified atom stereocenters. The molecule has 1 nitrogen and oxygen atoms in total. The standard InChI is InChI=1S/C44H28O/c1-3-14-29(15-4-1)31-18-11-19-32(28-31)41-34-20-7-9-22-36(34)42(37-23-10-8-21-35(37)41)38-25-13-27-40-44(38)43-33(24-12-26-39(43)45-40)30-16-5-2-6-17-30/h1-28H/i11D,12D,13D,18D,19D,24D,25D,26D,27D,28D. The fraction of sp³-hybridized carbons (Fsp3) is 0. The Hall–Kier alpha value is -5.92. The van der Waals surface area contributed by atoms with E-state index in [1.807, 2.05) is 60.7 Å². The number of benzene rings is 8. The number of fused-ring (bicyclic) bond motifs is 5. The predicted molar refractivity (Wildman–Crippen MR) is 190 cm³/mol. The van der Waals surface area contributed by atoms with Crippen molar-refractivity contribution >= 4 is 43.5 Å². The topological polar surface area (TPSA) is 13.1 Å². The van der Waals surface area contributed by atoms with Gasteiger partial charge in [0, 0.05) is 10.8 Å². The zero-order valence-electron chi connectivity index (χ0n) is 33.8. The first-order valence-corrected chi connectivity index (χ1v) is 14.6. The molecule has 0 saturated carbocycles. The fourth-order valence-electron chi connectivity index (χ4n) is 6.40. The zero-order valence-corrected chi connectivity index (χ0v) is 23.8. The molecule has 0 atom stereocenters. The summed E-state index contributed by atoms with van der Waals surface area (Å²) in [6.07, 6.45) is 0. The van der Waals surface area contributed by atoms with Gasteiger partial charge in [0.1, 0.15) is 11.2 Å². The second kappa shape index (κ2) is 10.4. The lowest BCUT2D eigenvalue weighted by Crippen LogP contribution is -1.92. The first-order chi connectivity index (χ1) is 26.5. The van der Waals surface area contributed by atoms with Crippen molar-refractivity contribution in [2.24, 2.45) is 0 Å². The molecule has 0 N–H and O–H groups in total. The zero-order chi connectivity index (χ0) is 38.4. The van der Waals surface area contributed by atoms with E-state index in [9.17, 15) is 4.11 Å². The van der Waals surface area contributed by atoms with Crippen LogP contribution in [0.1, 0.15) is 13.7 Å². The highest BCUT2D eigenvalue weighted by Crippen LogP contribution is 2.48. The summed E-state index contributed by atoms with van der Waals surface area (Å²) in [5, 5.41) is 2.93. The van der Waals surface area contributed by atoms with E-state index in [2.05, 4.69) is 0 Å². The van der Waals surface area contributed by atoms with Crippen LogP contribution in [0.25, 0.3) is 88.0 Å². The third kappa shape index (κ3) is 4.09. The van der Waals surface area contributed by atoms with Gasteiger partial charge in [-0.05, 0) is 84.2 Å². The Labute approximate surface area is 275 Å². The number of hydrogen-bond donors (Lipinski definition) is 0. The third-order valence-corrected chi connectivity index (χ3v) is 8.32. The third-order valence-electron chi connectivity index (χ3n) is 8.32. The second-order valence-corrected chi connectivity index (χ2v) is 10.8. The maximum absolute atomic E-state index is 9.53. The van der Waals surface area contributed by atoms with Gasteiger partial charge in [-0.3, -0.25) is 0 Å². The molecule has 0 bridgehead atoms. The largest absolute Gasteiger partial charge is 0.456 e. The molecule has 0 amide bonds. The van der Waals surface area contributed by atoms with Crippen LogP contribution in [0.2, 0.25) is 0 Å². The van der Waals surface area contributed by atoms with Crippen LogP contribution >= 0.6 is 0 Å². The van der Waals surface area contributed by atoms with Crippen molar-refractivity contribution < 1.29 is 18.1 Å². The molecule has 210 valence electrons. The van der Waals surface area contributed by atoms with Crippen LogP contribution in [0.15, 0.2) is 174 Å². The van der Waals surface area contributed by atoms with Crippen LogP contribution in [-0.4, -0.2) is 0 Å². The molecule has 0 radical (unpaired) electrons. The molecule has 45 heavy (non-hydrogen) atoms. The quantitative estimate of drug-likeness (QED) is 0.188. The lowest BCUT2D eigenvalue weighted by atomic mass is 9.84. The average molecular weight is 583 g/mol. The van der Waals surface area contributed by atoms with Crippen molar-refractivity contribution in [1.82, 2.24) is 0 Å². The van der Waals surface area contributed by atoms with Gasteiger partial charge >= 0.3 is 0 Å². The molecule has 1 heteroatoms. The van der Waals surface area contributed by atoms with E-state index in [1.165, 1.54) is 0 Å². The van der Waals surface area contributed by atoms with Crippen LogP contribution in [0.4, 0.5) is 0 Å². The van der Waals surface area contributed by atoms with Gasteiger partial charge in [0.2, 0.25) is 0 Å². The molecular weight excluding hydrogens is 544 g/mol. The van der Waals surface area contributed by atoms with E-state index in [1.54, 1.807) is 48.5 Å². The van der Waals surface area contributed by atoms with Gasteiger partial charge in [-0.2, -0.15) is 0 Å². The van der Waals surface area contributed by atoms with Gasteiger partial charge in [0.15, 0.2) is 0 Å². The minimum atomic E-state index is -0.400. The molecule has 9 rings (SSSR count). The Balaban J connectivity index is 1.51. The van der Waals surface area contributed by atoms with Crippen LogP contribution in [-0.2, 0) is 0 Å². The van der Waals surface area contributed by atoms with E-state index < -0.39 is 6.04 Å². The normalized spacial score (nSPS) is 14.7. The molecule has 0 fully saturated rings. The molecule has 0 aliphatic rings. The van der Waals surface area contributed by atoms with Gasteiger partial charge in [0.05, 0.1) is 13.7 Å². The van der Waals surface area contributed by atoms with Gasteiger partial charge in [-0.25, -0.2) is 0 Å². The molecular formula is C44H28O. The van der Waals surface area contributed by atoms with Gasteiger partial charge in [0.25, 0.3) is 0 Å². The summed E-state index contributed by atoms with van der Waals surface area (Å²) in [6.45, 7) is 0. The Kier molecular flexibility index (Phi) is 4.01. The molecule has 8 aromatic carbocycles. The summed E-state index contributed by atoms with van der Waals surface area (Å²) in [6, 6.07) is 29.9. The maximum Gasteiger partial charge on any atom is 0.136 e. The van der Waals surface area contributed by atoms with Gasteiger partial charge in [-0.15, -0.1) is 0 Å². The Morgan fingerprint density at radius 1 is 0.378 bits per heavy atom. The summed E-state index contributed by atoms with van der Waals surface area (Å²) in [7, 11) is 0. The van der Waals surface area contributed by atoms with Gasteiger partial charge in [-0.1, -0.05) is 151 Å². The first-order valence-electron chi connectivity index (χ1n) is 19.6. The van der Waals surface area contributed by atoms with Crippen LogP contribution in [0.5, 0.6) is 0 Å². The van der Waals surface area contributed by atoms with Crippen LogP contribution in [0.3, 0.4) is 0 Å². The summed E-state index contributed by atoms with van der Waals surface area (Å²) in [5.74, 6) is 0. The van der Waals surface area contributed by atoms with E-state index in [-0.39, 0.29) is 87.6 Å². The molecule has 0 spiro atoms. The molecule has 0 aliphatic carbocycles. The minimum Gasteiger partial charge on any atom is -0.456 e. The maximum atomic E-state index is 9.53. The summed E-state index contributed by atoms with van der Waals surface area (Å²) < 4.78 is 96.9. The van der Waals surface area contributed by atoms with E-state index in [0.29, 0.717) is 54.7 Å². The van der Waals surface area contributed by atoms with Crippen molar-refractivity contribution in [3.8, 4) is 44.5 Å². The van der Waals surface area contributed by atoms with Crippen molar-refractivity contribution in [3.63, 3.8) is 0 Å². The van der Waals surface area contributed by atoms with E-state index in [4.69, 9.17) is 14.0 Å². The lowest BCUT2D eigenvalue weighted by Gasteiger charge is -2.19. The van der Waals surface area contributed by atoms with E-state index >= 15 is 0 Å².